The van der Waals surface area contributed by atoms with Crippen LogP contribution in [0.15, 0.2) is 433 Å². The Hall–Kier alpha value is -17.1. The fourth-order valence-electron chi connectivity index (χ4n) is 19.8. The fourth-order valence-corrected chi connectivity index (χ4v) is 19.8. The first-order valence-corrected chi connectivity index (χ1v) is 45.3. The van der Waals surface area contributed by atoms with Crippen LogP contribution >= 0.6 is 0 Å². The van der Waals surface area contributed by atoms with Crippen molar-refractivity contribution in [1.82, 2.24) is 61.9 Å². The Bertz CT molecular complexity index is 9720. The maximum absolute atomic E-state index is 6.55. The van der Waals surface area contributed by atoms with Crippen LogP contribution in [0.3, 0.4) is 0 Å². The molecule has 0 fully saturated rings. The third kappa shape index (κ3) is 14.8. The number of hydrogen-bond acceptors (Lipinski definition) is 11. The van der Waals surface area contributed by atoms with Gasteiger partial charge in [-0.1, -0.05) is 250 Å². The zero-order chi connectivity index (χ0) is 90.8. The number of oxazole rings is 3. The Morgan fingerprint density at radius 2 is 0.475 bits per heavy atom. The van der Waals surface area contributed by atoms with Crippen LogP contribution < -0.4 is 9.47 Å². The van der Waals surface area contributed by atoms with E-state index in [1.807, 2.05) is 158 Å². The molecule has 0 unspecified atom stereocenters. The number of pyridine rings is 3. The Morgan fingerprint density at radius 3 is 0.844 bits per heavy atom. The molecular weight excluding hydrogens is 2290 g/mol. The summed E-state index contributed by atoms with van der Waals surface area (Å²) in [6.45, 7) is 0. The Kier molecular flexibility index (Phi) is 22.2. The maximum Gasteiger partial charge on any atom is 2.00 e. The summed E-state index contributed by atoms with van der Waals surface area (Å²) < 4.78 is 46.6. The van der Waals surface area contributed by atoms with Crippen molar-refractivity contribution in [3.05, 3.63) is 456 Å². The van der Waals surface area contributed by atoms with E-state index in [9.17, 15) is 0 Å². The van der Waals surface area contributed by atoms with E-state index in [0.717, 1.165) is 160 Å². The molecule has 0 amide bonds. The largest absolute Gasteiger partial charge is 2.00 e. The van der Waals surface area contributed by atoms with E-state index in [4.69, 9.17) is 42.7 Å². The van der Waals surface area contributed by atoms with Crippen molar-refractivity contribution in [3.8, 4) is 98.2 Å². The van der Waals surface area contributed by atoms with Gasteiger partial charge in [0.2, 0.25) is 29.4 Å². The molecule has 0 bridgehead atoms. The van der Waals surface area contributed by atoms with Gasteiger partial charge in [0.25, 0.3) is 0 Å². The van der Waals surface area contributed by atoms with Gasteiger partial charge in [0, 0.05) is 96.6 Å². The van der Waals surface area contributed by atoms with Crippen LogP contribution in [0.25, 0.3) is 228 Å². The normalized spacial score (nSPS) is 11.5. The number of ether oxygens (including phenoxy) is 2. The summed E-state index contributed by atoms with van der Waals surface area (Å²) in [5.41, 5.74) is 19.2. The van der Waals surface area contributed by atoms with Gasteiger partial charge in [-0.15, -0.1) is 114 Å². The van der Waals surface area contributed by atoms with Crippen LogP contribution in [-0.2, 0) is 63.2 Å². The van der Waals surface area contributed by atoms with Gasteiger partial charge < -0.3 is 41.0 Å². The number of fused-ring (bicyclic) bond motifs is 21. The molecule has 13 heterocycles. The molecule has 18 nitrogen and oxygen atoms in total. The summed E-state index contributed by atoms with van der Waals surface area (Å²) in [7, 11) is 0. The summed E-state index contributed by atoms with van der Waals surface area (Å²) in [6, 6.07) is 151. The van der Waals surface area contributed by atoms with E-state index in [0.29, 0.717) is 58.6 Å². The molecule has 0 saturated carbocycles. The minimum atomic E-state index is 0. The summed E-state index contributed by atoms with van der Waals surface area (Å²) in [5, 5.41) is 15.9. The van der Waals surface area contributed by atoms with Crippen LogP contribution in [0.1, 0.15) is 0 Å². The molecule has 674 valence electrons. The van der Waals surface area contributed by atoms with Crippen molar-refractivity contribution in [2.45, 2.75) is 0 Å². The van der Waals surface area contributed by atoms with E-state index in [1.165, 1.54) is 32.3 Å². The molecule has 141 heavy (non-hydrogen) atoms. The van der Waals surface area contributed by atoms with E-state index >= 15 is 0 Å². The quantitative estimate of drug-likeness (QED) is 0.0950. The first kappa shape index (κ1) is 86.7. The van der Waals surface area contributed by atoms with Gasteiger partial charge in [0.15, 0.2) is 0 Å². The number of para-hydroxylation sites is 10. The second-order valence-electron chi connectivity index (χ2n) is 33.6. The maximum atomic E-state index is 6.55. The van der Waals surface area contributed by atoms with Crippen molar-refractivity contribution in [2.24, 2.45) is 0 Å². The predicted octanol–water partition coefficient (Wildman–Crippen LogP) is 29.3. The van der Waals surface area contributed by atoms with Crippen molar-refractivity contribution in [1.29, 1.82) is 0 Å². The van der Waals surface area contributed by atoms with Gasteiger partial charge >= 0.3 is 63.2 Å². The standard InChI is InChI=1S/C44H25N5O.2C38H22N4O2.3Pt/c1-5-15-36-32(13-1)34-22-20-28(44-46-27-43(50-44)49-38-17-7-3-11-30(38)31-12-4-8-18-39(31)49)25-40(34)47(36)29-21-23-35-33-14-2-6-16-37(33)48(41(35)26-29)42-19-9-10-24-45-42;1-4-15-32-30(14-1)31-20-19-25(22-35(31)41(32)26-10-9-11-27(23-26)43-36-18-7-8-21-39-36)38-40-24-37(44-38)42-33-16-5-2-12-28(33)29-13-3-6-17-34(29)42;1-4-15-32-30(14-1)31-20-19-27(43-36-18-7-8-21-39-36)23-35(31)41(32)26-11-9-10-25(22-26)38-40-24-37(44-38)42-33-16-5-2-12-28(33)29-13-3-6-17-34(29)42;;;/h1-24,27H;2*1-21,24H;;;/q3*-2;3*+2. The molecule has 0 atom stereocenters. The third-order valence-electron chi connectivity index (χ3n) is 25.7. The summed E-state index contributed by atoms with van der Waals surface area (Å²) in [4.78, 5) is 27.5. The summed E-state index contributed by atoms with van der Waals surface area (Å²) >= 11 is 0. The average Bonchev–Trinajstić information content (AvgIpc) is 1.57. The molecule has 13 aromatic heterocycles. The molecular formula is C120H69N13O5Pt3. The summed E-state index contributed by atoms with van der Waals surface area (Å²) in [5.74, 6) is 6.50. The molecule has 29 aromatic rings. The molecule has 29 rings (SSSR count). The minimum absolute atomic E-state index is 0. The molecule has 0 aliphatic rings. The van der Waals surface area contributed by atoms with Gasteiger partial charge in [0.1, 0.15) is 23.5 Å². The monoisotopic (exact) mass is 2360 g/mol. The second-order valence-corrected chi connectivity index (χ2v) is 33.6. The fraction of sp³-hybridized carbons (Fsp3) is 0. The van der Waals surface area contributed by atoms with Crippen molar-refractivity contribution < 1.29 is 85.9 Å². The van der Waals surface area contributed by atoms with Crippen molar-refractivity contribution in [3.63, 3.8) is 0 Å². The van der Waals surface area contributed by atoms with E-state index < -0.39 is 0 Å². The van der Waals surface area contributed by atoms with Crippen LogP contribution in [0.2, 0.25) is 0 Å². The number of rotatable bonds is 14. The van der Waals surface area contributed by atoms with Crippen LogP contribution in [0.4, 0.5) is 0 Å². The molecule has 0 N–H and O–H groups in total. The number of aromatic nitrogens is 13. The first-order chi connectivity index (χ1) is 68.4. The number of nitrogens with zero attached hydrogens (tertiary/aromatic N) is 13. The number of benzene rings is 16. The SMILES string of the molecule is [Pt+2].[Pt+2].[Pt+2].[c-]1c(-c2ncc(-n3c4ccccc4c4ccccc43)o2)ccc2c3ccccc3n(-c3[c-]c4c(cc3)c3ccccc3n4-c3ccccn3)c12.[c-]1c(-c2ncc(-n3c4ccccc4c4ccccc43)o2)cccc1-n1c2[c-]c(Oc3ccccn3)ccc2c2ccccc21.[c-]1c(Oc2ccccn2)cccc1-n1c2[c-]c(-c3ncc(-n4c5ccccc5c5ccccc54)o3)ccc2c2ccccc21. The second kappa shape index (κ2) is 36.1. The van der Waals surface area contributed by atoms with Gasteiger partial charge in [-0.05, 0) is 123 Å². The Labute approximate surface area is 847 Å². The summed E-state index contributed by atoms with van der Waals surface area (Å²) in [6.07, 6.45) is 10.6. The van der Waals surface area contributed by atoms with Crippen molar-refractivity contribution >= 4 is 153 Å². The van der Waals surface area contributed by atoms with Gasteiger partial charge in [-0.2, -0.15) is 18.2 Å². The minimum Gasteiger partial charge on any atom is -0.467 e. The molecule has 21 heteroatoms. The van der Waals surface area contributed by atoms with Gasteiger partial charge in [0.05, 0.1) is 51.7 Å². The molecule has 0 saturated heterocycles. The van der Waals surface area contributed by atoms with Crippen LogP contribution in [-0.4, -0.2) is 61.9 Å². The average molecular weight is 2360 g/mol. The zero-order valence-electron chi connectivity index (χ0n) is 74.1. The van der Waals surface area contributed by atoms with Crippen LogP contribution in [0, 0.1) is 36.4 Å². The van der Waals surface area contributed by atoms with Gasteiger partial charge in [-0.3, -0.25) is 28.7 Å². The predicted molar refractivity (Wildman–Crippen MR) is 546 cm³/mol. The molecule has 0 spiro atoms. The Morgan fingerprint density at radius 1 is 0.191 bits per heavy atom. The van der Waals surface area contributed by atoms with E-state index in [1.54, 1.807) is 31.0 Å². The topological polar surface area (TPSA) is 170 Å². The first-order valence-electron chi connectivity index (χ1n) is 45.3. The zero-order valence-corrected chi connectivity index (χ0v) is 81.0. The van der Waals surface area contributed by atoms with E-state index in [-0.39, 0.29) is 63.2 Å². The van der Waals surface area contributed by atoms with E-state index in [2.05, 4.69) is 309 Å². The third-order valence-corrected chi connectivity index (χ3v) is 25.7. The number of hydrogen-bond donors (Lipinski definition) is 0. The Balaban J connectivity index is 0.000000114. The van der Waals surface area contributed by atoms with Crippen molar-refractivity contribution in [2.75, 3.05) is 0 Å². The smallest absolute Gasteiger partial charge is 0.467 e. The molecule has 0 aliphatic heterocycles. The van der Waals surface area contributed by atoms with Crippen LogP contribution in [0.5, 0.6) is 23.3 Å². The molecule has 16 aromatic carbocycles. The molecule has 0 radical (unpaired) electrons. The van der Waals surface area contributed by atoms with Gasteiger partial charge in [-0.25, -0.2) is 15.0 Å². The molecule has 0 aliphatic carbocycles.